The van der Waals surface area contributed by atoms with Crippen LogP contribution in [0, 0.1) is 13.8 Å². The molecule has 0 heterocycles. The number of thioether (sulfide) groups is 1. The van der Waals surface area contributed by atoms with Crippen molar-refractivity contribution in [2.75, 3.05) is 26.5 Å². The van der Waals surface area contributed by atoms with Gasteiger partial charge in [-0.1, -0.05) is 17.7 Å². The molecule has 130 valence electrons. The summed E-state index contributed by atoms with van der Waals surface area (Å²) in [5.74, 6) is 1.51. The molecule has 0 saturated carbocycles. The zero-order valence-electron chi connectivity index (χ0n) is 14.4. The summed E-state index contributed by atoms with van der Waals surface area (Å²) in [7, 11) is -0.354. The molecular weight excluding hydrogens is 342 g/mol. The van der Waals surface area contributed by atoms with E-state index in [9.17, 15) is 8.42 Å². The standard InChI is InChI=1S/C18H23NO3S2/c1-14-5-10-18(15(2)13-14)23-12-11-22-16-6-8-17(9-7-16)24(20,21)19(3)4/h5-10,13H,11-12H2,1-4H3. The van der Waals surface area contributed by atoms with Gasteiger partial charge in [-0.25, -0.2) is 12.7 Å². The van der Waals surface area contributed by atoms with Gasteiger partial charge in [0.15, 0.2) is 0 Å². The van der Waals surface area contributed by atoms with Gasteiger partial charge in [-0.05, 0) is 49.7 Å². The summed E-state index contributed by atoms with van der Waals surface area (Å²) < 4.78 is 30.9. The Morgan fingerprint density at radius 1 is 1.04 bits per heavy atom. The minimum Gasteiger partial charge on any atom is -0.493 e. The molecule has 0 spiro atoms. The van der Waals surface area contributed by atoms with Crippen molar-refractivity contribution in [3.63, 3.8) is 0 Å². The van der Waals surface area contributed by atoms with Crippen LogP contribution in [0.3, 0.4) is 0 Å². The van der Waals surface area contributed by atoms with Crippen molar-refractivity contribution < 1.29 is 13.2 Å². The predicted molar refractivity (Wildman–Crippen MR) is 99.4 cm³/mol. The maximum atomic E-state index is 12.0. The molecule has 0 unspecified atom stereocenters. The second-order valence-electron chi connectivity index (χ2n) is 5.72. The Kier molecular flexibility index (Phi) is 6.32. The summed E-state index contributed by atoms with van der Waals surface area (Å²) in [6.45, 7) is 4.77. The van der Waals surface area contributed by atoms with Gasteiger partial charge in [0.25, 0.3) is 0 Å². The van der Waals surface area contributed by atoms with Crippen LogP contribution in [0.4, 0.5) is 0 Å². The van der Waals surface area contributed by atoms with E-state index in [1.807, 2.05) is 0 Å². The quantitative estimate of drug-likeness (QED) is 0.554. The minimum atomic E-state index is -3.39. The van der Waals surface area contributed by atoms with Gasteiger partial charge >= 0.3 is 0 Å². The molecule has 6 heteroatoms. The fourth-order valence-corrected chi connectivity index (χ4v) is 3.93. The first kappa shape index (κ1) is 18.8. The zero-order chi connectivity index (χ0) is 17.7. The average Bonchev–Trinajstić information content (AvgIpc) is 2.53. The van der Waals surface area contributed by atoms with Gasteiger partial charge in [0.2, 0.25) is 10.0 Å². The molecule has 4 nitrogen and oxygen atoms in total. The molecule has 0 fully saturated rings. The van der Waals surface area contributed by atoms with E-state index in [4.69, 9.17) is 4.74 Å². The van der Waals surface area contributed by atoms with Gasteiger partial charge in [0.05, 0.1) is 11.5 Å². The lowest BCUT2D eigenvalue weighted by Crippen LogP contribution is -2.22. The molecule has 0 aliphatic heterocycles. The van der Waals surface area contributed by atoms with E-state index in [-0.39, 0.29) is 4.90 Å². The molecule has 0 aromatic heterocycles. The highest BCUT2D eigenvalue weighted by molar-refractivity contribution is 7.99. The number of hydrogen-bond acceptors (Lipinski definition) is 4. The topological polar surface area (TPSA) is 46.6 Å². The highest BCUT2D eigenvalue weighted by atomic mass is 32.2. The van der Waals surface area contributed by atoms with E-state index < -0.39 is 10.0 Å². The fraction of sp³-hybridized carbons (Fsp3) is 0.333. The maximum Gasteiger partial charge on any atom is 0.242 e. The van der Waals surface area contributed by atoms with Crippen LogP contribution >= 0.6 is 11.8 Å². The van der Waals surface area contributed by atoms with Gasteiger partial charge in [-0.15, -0.1) is 11.8 Å². The molecule has 0 amide bonds. The van der Waals surface area contributed by atoms with Gasteiger partial charge in [0, 0.05) is 24.7 Å². The molecule has 2 rings (SSSR count). The van der Waals surface area contributed by atoms with E-state index in [1.165, 1.54) is 34.4 Å². The lowest BCUT2D eigenvalue weighted by Gasteiger charge is -2.12. The van der Waals surface area contributed by atoms with Crippen LogP contribution in [-0.2, 0) is 10.0 Å². The third-order valence-corrected chi connectivity index (χ3v) is 6.51. The van der Waals surface area contributed by atoms with E-state index in [2.05, 4.69) is 32.0 Å². The van der Waals surface area contributed by atoms with Crippen molar-refractivity contribution >= 4 is 21.8 Å². The van der Waals surface area contributed by atoms with Crippen LogP contribution < -0.4 is 4.74 Å². The minimum absolute atomic E-state index is 0.268. The Hall–Kier alpha value is -1.50. The number of ether oxygens (including phenoxy) is 1. The Labute approximate surface area is 148 Å². The second kappa shape index (κ2) is 8.05. The Balaban J connectivity index is 1.87. The van der Waals surface area contributed by atoms with Crippen LogP contribution in [0.2, 0.25) is 0 Å². The summed E-state index contributed by atoms with van der Waals surface area (Å²) in [6.07, 6.45) is 0. The lowest BCUT2D eigenvalue weighted by atomic mass is 10.2. The molecule has 0 radical (unpaired) electrons. The Bertz CT molecular complexity index is 784. The lowest BCUT2D eigenvalue weighted by molar-refractivity contribution is 0.343. The first-order chi connectivity index (χ1) is 11.3. The van der Waals surface area contributed by atoms with Gasteiger partial charge < -0.3 is 4.74 Å². The molecule has 2 aromatic rings. The molecule has 0 aliphatic rings. The molecule has 2 aromatic carbocycles. The highest BCUT2D eigenvalue weighted by Gasteiger charge is 2.16. The van der Waals surface area contributed by atoms with Crippen molar-refractivity contribution in [1.29, 1.82) is 0 Å². The number of aryl methyl sites for hydroxylation is 2. The third-order valence-electron chi connectivity index (χ3n) is 3.54. The molecular formula is C18H23NO3S2. The zero-order valence-corrected chi connectivity index (χ0v) is 16.1. The molecule has 0 bridgehead atoms. The highest BCUT2D eigenvalue weighted by Crippen LogP contribution is 2.23. The Morgan fingerprint density at radius 2 is 1.71 bits per heavy atom. The first-order valence-corrected chi connectivity index (χ1v) is 10.1. The van der Waals surface area contributed by atoms with E-state index >= 15 is 0 Å². The maximum absolute atomic E-state index is 12.0. The predicted octanol–water partition coefficient (Wildman–Crippen LogP) is 3.72. The van der Waals surface area contributed by atoms with Crippen molar-refractivity contribution in [2.24, 2.45) is 0 Å². The summed E-state index contributed by atoms with van der Waals surface area (Å²) >= 11 is 1.76. The van der Waals surface area contributed by atoms with Crippen LogP contribution in [0.1, 0.15) is 11.1 Å². The van der Waals surface area contributed by atoms with Crippen molar-refractivity contribution in [3.8, 4) is 5.75 Å². The van der Waals surface area contributed by atoms with Crippen molar-refractivity contribution in [1.82, 2.24) is 4.31 Å². The van der Waals surface area contributed by atoms with E-state index in [0.717, 1.165) is 5.75 Å². The van der Waals surface area contributed by atoms with Crippen molar-refractivity contribution in [3.05, 3.63) is 53.6 Å². The van der Waals surface area contributed by atoms with Crippen LogP contribution in [0.25, 0.3) is 0 Å². The molecule has 0 aliphatic carbocycles. The second-order valence-corrected chi connectivity index (χ2v) is 9.01. The number of sulfonamides is 1. The van der Waals surface area contributed by atoms with Gasteiger partial charge in [-0.3, -0.25) is 0 Å². The average molecular weight is 366 g/mol. The molecule has 0 saturated heterocycles. The SMILES string of the molecule is Cc1ccc(SCCOc2ccc(S(=O)(=O)N(C)C)cc2)c(C)c1. The molecule has 0 atom stereocenters. The van der Waals surface area contributed by atoms with Gasteiger partial charge in [-0.2, -0.15) is 0 Å². The monoisotopic (exact) mass is 365 g/mol. The van der Waals surface area contributed by atoms with Gasteiger partial charge in [0.1, 0.15) is 5.75 Å². The number of hydrogen-bond donors (Lipinski definition) is 0. The number of benzene rings is 2. The summed E-state index contributed by atoms with van der Waals surface area (Å²) in [4.78, 5) is 1.53. The number of nitrogens with zero attached hydrogens (tertiary/aromatic N) is 1. The molecule has 0 N–H and O–H groups in total. The summed E-state index contributed by atoms with van der Waals surface area (Å²) in [6, 6.07) is 12.9. The smallest absolute Gasteiger partial charge is 0.242 e. The Morgan fingerprint density at radius 3 is 2.29 bits per heavy atom. The summed E-state index contributed by atoms with van der Waals surface area (Å²) in [5, 5.41) is 0. The summed E-state index contributed by atoms with van der Waals surface area (Å²) in [5.41, 5.74) is 2.54. The van der Waals surface area contributed by atoms with Crippen molar-refractivity contribution in [2.45, 2.75) is 23.6 Å². The largest absolute Gasteiger partial charge is 0.493 e. The normalized spacial score (nSPS) is 11.7. The fourth-order valence-electron chi connectivity index (χ4n) is 2.19. The van der Waals surface area contributed by atoms with Crippen LogP contribution in [0.5, 0.6) is 5.75 Å². The molecule has 24 heavy (non-hydrogen) atoms. The number of rotatable bonds is 7. The first-order valence-electron chi connectivity index (χ1n) is 7.66. The van der Waals surface area contributed by atoms with Crippen LogP contribution in [-0.4, -0.2) is 39.2 Å². The van der Waals surface area contributed by atoms with E-state index in [0.29, 0.717) is 12.4 Å². The third kappa shape index (κ3) is 4.75. The van der Waals surface area contributed by atoms with Crippen LogP contribution in [0.15, 0.2) is 52.3 Å². The van der Waals surface area contributed by atoms with E-state index in [1.54, 1.807) is 36.0 Å².